The van der Waals surface area contributed by atoms with Gasteiger partial charge in [-0.2, -0.15) is 5.10 Å². The molecule has 3 aromatic carbocycles. The Balaban J connectivity index is 1.56. The van der Waals surface area contributed by atoms with Crippen molar-refractivity contribution in [2.45, 2.75) is 0 Å². The van der Waals surface area contributed by atoms with Crippen molar-refractivity contribution in [1.82, 2.24) is 5.43 Å². The van der Waals surface area contributed by atoms with Crippen molar-refractivity contribution < 1.29 is 19.0 Å². The van der Waals surface area contributed by atoms with Crippen LogP contribution in [0.25, 0.3) is 10.8 Å². The molecule has 0 aliphatic heterocycles. The van der Waals surface area contributed by atoms with Crippen molar-refractivity contribution in [3.05, 3.63) is 66.2 Å². The first-order valence-electron chi connectivity index (χ1n) is 8.35. The van der Waals surface area contributed by atoms with E-state index in [0.717, 1.165) is 22.1 Å². The fraction of sp³-hybridized carbons (Fsp3) is 0.143. The topological polar surface area (TPSA) is 69.2 Å². The molecule has 0 aromatic heterocycles. The van der Waals surface area contributed by atoms with Crippen LogP contribution in [-0.4, -0.2) is 32.9 Å². The fourth-order valence-electron chi connectivity index (χ4n) is 2.54. The Labute approximate surface area is 157 Å². The number of hydrogen-bond donors (Lipinski definition) is 1. The Morgan fingerprint density at radius 1 is 0.963 bits per heavy atom. The largest absolute Gasteiger partial charge is 0.497 e. The summed E-state index contributed by atoms with van der Waals surface area (Å²) < 4.78 is 15.8. The Hall–Kier alpha value is -3.54. The lowest BCUT2D eigenvalue weighted by Crippen LogP contribution is -2.24. The molecule has 3 rings (SSSR count). The molecule has 3 aromatic rings. The van der Waals surface area contributed by atoms with Crippen molar-refractivity contribution in [3.63, 3.8) is 0 Å². The molecule has 0 aliphatic rings. The monoisotopic (exact) mass is 364 g/mol. The van der Waals surface area contributed by atoms with E-state index in [9.17, 15) is 4.79 Å². The van der Waals surface area contributed by atoms with E-state index in [-0.39, 0.29) is 12.5 Å². The van der Waals surface area contributed by atoms with Gasteiger partial charge in [-0.05, 0) is 46.7 Å². The molecule has 138 valence electrons. The minimum Gasteiger partial charge on any atom is -0.497 e. The molecule has 0 atom stereocenters. The highest BCUT2D eigenvalue weighted by Gasteiger charge is 2.06. The molecular formula is C21H20N2O4. The van der Waals surface area contributed by atoms with E-state index in [1.165, 1.54) is 0 Å². The molecule has 0 bridgehead atoms. The first kappa shape index (κ1) is 18.3. The van der Waals surface area contributed by atoms with Gasteiger partial charge in [0.2, 0.25) is 0 Å². The molecule has 0 saturated carbocycles. The van der Waals surface area contributed by atoms with E-state index in [2.05, 4.69) is 10.5 Å². The van der Waals surface area contributed by atoms with Crippen molar-refractivity contribution in [2.24, 2.45) is 5.10 Å². The number of hydrazone groups is 1. The van der Waals surface area contributed by atoms with Gasteiger partial charge >= 0.3 is 0 Å². The van der Waals surface area contributed by atoms with Crippen LogP contribution < -0.4 is 19.6 Å². The summed E-state index contributed by atoms with van der Waals surface area (Å²) in [6.07, 6.45) is 1.59. The third kappa shape index (κ3) is 4.76. The number of carbonyl (C=O) groups excluding carboxylic acids is 1. The van der Waals surface area contributed by atoms with Gasteiger partial charge in [0, 0.05) is 0 Å². The van der Waals surface area contributed by atoms with Crippen molar-refractivity contribution in [1.29, 1.82) is 0 Å². The second-order valence-electron chi connectivity index (χ2n) is 5.71. The number of hydrogen-bond acceptors (Lipinski definition) is 5. The summed E-state index contributed by atoms with van der Waals surface area (Å²) in [4.78, 5) is 11.9. The van der Waals surface area contributed by atoms with Crippen LogP contribution in [0, 0.1) is 0 Å². The molecule has 0 fully saturated rings. The van der Waals surface area contributed by atoms with Crippen LogP contribution in [0.1, 0.15) is 5.56 Å². The summed E-state index contributed by atoms with van der Waals surface area (Å²) >= 11 is 0. The number of nitrogens with one attached hydrogen (secondary N) is 1. The summed E-state index contributed by atoms with van der Waals surface area (Å²) in [5, 5.41) is 6.11. The van der Waals surface area contributed by atoms with E-state index < -0.39 is 0 Å². The zero-order valence-electron chi connectivity index (χ0n) is 15.1. The van der Waals surface area contributed by atoms with E-state index in [1.54, 1.807) is 32.6 Å². The lowest BCUT2D eigenvalue weighted by molar-refractivity contribution is -0.123. The van der Waals surface area contributed by atoms with Gasteiger partial charge in [0.25, 0.3) is 5.91 Å². The summed E-state index contributed by atoms with van der Waals surface area (Å²) in [6.45, 7) is -0.158. The van der Waals surface area contributed by atoms with Crippen LogP contribution in [0.3, 0.4) is 0 Å². The third-order valence-corrected chi connectivity index (χ3v) is 3.90. The SMILES string of the molecule is COc1ccc2cc(/C=N\NC(=O)COc3ccccc3OC)ccc2c1. The summed E-state index contributed by atoms with van der Waals surface area (Å²) in [6, 6.07) is 18.9. The zero-order chi connectivity index (χ0) is 19.1. The lowest BCUT2D eigenvalue weighted by atomic mass is 10.1. The number of carbonyl (C=O) groups is 1. The van der Waals surface area contributed by atoms with E-state index in [4.69, 9.17) is 14.2 Å². The highest BCUT2D eigenvalue weighted by molar-refractivity contribution is 5.91. The summed E-state index contributed by atoms with van der Waals surface area (Å²) in [7, 11) is 3.19. The maximum atomic E-state index is 11.9. The Kier molecular flexibility index (Phi) is 5.89. The van der Waals surface area contributed by atoms with Gasteiger partial charge in [-0.3, -0.25) is 4.79 Å². The third-order valence-electron chi connectivity index (χ3n) is 3.90. The number of ether oxygens (including phenoxy) is 3. The highest BCUT2D eigenvalue weighted by Crippen LogP contribution is 2.25. The van der Waals surface area contributed by atoms with Gasteiger partial charge in [0.15, 0.2) is 18.1 Å². The van der Waals surface area contributed by atoms with E-state index >= 15 is 0 Å². The lowest BCUT2D eigenvalue weighted by Gasteiger charge is -2.09. The predicted molar refractivity (Wildman–Crippen MR) is 105 cm³/mol. The molecule has 6 nitrogen and oxygen atoms in total. The molecule has 1 amide bonds. The number of para-hydroxylation sites is 2. The van der Waals surface area contributed by atoms with Crippen LogP contribution in [0.4, 0.5) is 0 Å². The number of nitrogens with zero attached hydrogens (tertiary/aromatic N) is 1. The second kappa shape index (κ2) is 8.71. The number of benzene rings is 3. The van der Waals surface area contributed by atoms with E-state index in [1.807, 2.05) is 48.5 Å². The molecule has 0 spiro atoms. The maximum Gasteiger partial charge on any atom is 0.277 e. The van der Waals surface area contributed by atoms with E-state index in [0.29, 0.717) is 11.5 Å². The van der Waals surface area contributed by atoms with Gasteiger partial charge in [0.05, 0.1) is 20.4 Å². The number of amides is 1. The molecule has 0 saturated heterocycles. The van der Waals surface area contributed by atoms with Crippen molar-refractivity contribution in [2.75, 3.05) is 20.8 Å². The van der Waals surface area contributed by atoms with Gasteiger partial charge in [-0.1, -0.05) is 30.3 Å². The summed E-state index contributed by atoms with van der Waals surface area (Å²) in [5.41, 5.74) is 3.32. The first-order valence-corrected chi connectivity index (χ1v) is 8.35. The molecular weight excluding hydrogens is 344 g/mol. The minimum atomic E-state index is -0.359. The highest BCUT2D eigenvalue weighted by atomic mass is 16.5. The Bertz CT molecular complexity index is 969. The molecule has 6 heteroatoms. The van der Waals surface area contributed by atoms with Crippen molar-refractivity contribution in [3.8, 4) is 17.2 Å². The van der Waals surface area contributed by atoms with Crippen molar-refractivity contribution >= 4 is 22.9 Å². The fourth-order valence-corrected chi connectivity index (χ4v) is 2.54. The molecule has 27 heavy (non-hydrogen) atoms. The predicted octanol–water partition coefficient (Wildman–Crippen LogP) is 3.39. The summed E-state index contributed by atoms with van der Waals surface area (Å²) in [5.74, 6) is 1.53. The average Bonchev–Trinajstić information content (AvgIpc) is 2.72. The van der Waals surface area contributed by atoms with Crippen LogP contribution in [-0.2, 0) is 4.79 Å². The first-order chi connectivity index (χ1) is 13.2. The number of fused-ring (bicyclic) bond motifs is 1. The average molecular weight is 364 g/mol. The quantitative estimate of drug-likeness (QED) is 0.515. The molecule has 0 radical (unpaired) electrons. The van der Waals surface area contributed by atoms with Gasteiger partial charge in [0.1, 0.15) is 5.75 Å². The van der Waals surface area contributed by atoms with Crippen LogP contribution >= 0.6 is 0 Å². The standard InChI is InChI=1S/C21H20N2O4/c1-25-18-10-9-16-11-15(7-8-17(16)12-18)13-22-23-21(24)14-27-20-6-4-3-5-19(20)26-2/h3-13H,14H2,1-2H3,(H,23,24)/b22-13-. The van der Waals surface area contributed by atoms with Crippen LogP contribution in [0.5, 0.6) is 17.2 Å². The molecule has 0 aliphatic carbocycles. The normalized spacial score (nSPS) is 10.7. The number of methoxy groups -OCH3 is 2. The smallest absolute Gasteiger partial charge is 0.277 e. The zero-order valence-corrected chi connectivity index (χ0v) is 15.1. The minimum absolute atomic E-state index is 0.158. The Morgan fingerprint density at radius 2 is 1.70 bits per heavy atom. The molecule has 0 unspecified atom stereocenters. The molecule has 1 N–H and O–H groups in total. The van der Waals surface area contributed by atoms with Gasteiger partial charge in [-0.15, -0.1) is 0 Å². The molecule has 0 heterocycles. The number of rotatable bonds is 7. The van der Waals surface area contributed by atoms with Gasteiger partial charge in [-0.25, -0.2) is 5.43 Å². The van der Waals surface area contributed by atoms with Crippen LogP contribution in [0.15, 0.2) is 65.8 Å². The Morgan fingerprint density at radius 3 is 2.48 bits per heavy atom. The van der Waals surface area contributed by atoms with Gasteiger partial charge < -0.3 is 14.2 Å². The van der Waals surface area contributed by atoms with Crippen LogP contribution in [0.2, 0.25) is 0 Å². The maximum absolute atomic E-state index is 11.9. The second-order valence-corrected chi connectivity index (χ2v) is 5.71.